The Hall–Kier alpha value is -2.35. The molecule has 0 saturated heterocycles. The lowest BCUT2D eigenvalue weighted by atomic mass is 10.1. The molecule has 0 aliphatic heterocycles. The van der Waals surface area contributed by atoms with Crippen molar-refractivity contribution in [2.24, 2.45) is 0 Å². The zero-order chi connectivity index (χ0) is 20.7. The van der Waals surface area contributed by atoms with Gasteiger partial charge < -0.3 is 20.1 Å². The van der Waals surface area contributed by atoms with E-state index < -0.39 is 11.9 Å². The van der Waals surface area contributed by atoms with Crippen LogP contribution in [0.4, 0.5) is 11.4 Å². The minimum atomic E-state index is -0.547. The lowest BCUT2D eigenvalue weighted by Crippen LogP contribution is -2.21. The van der Waals surface area contributed by atoms with Crippen LogP contribution >= 0.6 is 35.4 Å². The first kappa shape index (κ1) is 21.9. The number of anilines is 2. The highest BCUT2D eigenvalue weighted by molar-refractivity contribution is 7.80. The van der Waals surface area contributed by atoms with Crippen molar-refractivity contribution >= 4 is 63.8 Å². The fourth-order valence-corrected chi connectivity index (χ4v) is 3.04. The summed E-state index contributed by atoms with van der Waals surface area (Å²) >= 11 is 17.3. The van der Waals surface area contributed by atoms with Gasteiger partial charge in [0.05, 0.1) is 30.0 Å². The third-order valence-electron chi connectivity index (χ3n) is 3.39. The largest absolute Gasteiger partial charge is 0.462 e. The molecule has 0 saturated carbocycles. The van der Waals surface area contributed by atoms with E-state index in [0.29, 0.717) is 21.4 Å². The lowest BCUT2D eigenvalue weighted by molar-refractivity contribution is 0.0512. The van der Waals surface area contributed by atoms with Crippen molar-refractivity contribution in [2.45, 2.75) is 13.8 Å². The fourth-order valence-electron chi connectivity index (χ4n) is 2.29. The van der Waals surface area contributed by atoms with Crippen LogP contribution in [0, 0.1) is 0 Å². The van der Waals surface area contributed by atoms with Crippen LogP contribution in [-0.4, -0.2) is 30.3 Å². The monoisotopic (exact) mass is 440 g/mol. The SMILES string of the molecule is CCOC(=O)c1ccc(C(=O)OCC)c(NC(=S)Nc2cc(Cl)cc(Cl)c2)c1. The maximum absolute atomic E-state index is 12.2. The highest BCUT2D eigenvalue weighted by Crippen LogP contribution is 2.24. The number of ether oxygens (including phenoxy) is 2. The average Bonchev–Trinajstić information content (AvgIpc) is 2.61. The van der Waals surface area contributed by atoms with Gasteiger partial charge in [0.2, 0.25) is 0 Å². The predicted molar refractivity (Wildman–Crippen MR) is 115 cm³/mol. The number of hydrogen-bond donors (Lipinski definition) is 2. The van der Waals surface area contributed by atoms with E-state index in [0.717, 1.165) is 0 Å². The minimum Gasteiger partial charge on any atom is -0.462 e. The molecule has 0 aliphatic carbocycles. The molecule has 0 heterocycles. The summed E-state index contributed by atoms with van der Waals surface area (Å²) in [5.74, 6) is -1.06. The van der Waals surface area contributed by atoms with E-state index in [1.54, 1.807) is 32.0 Å². The van der Waals surface area contributed by atoms with E-state index in [9.17, 15) is 9.59 Å². The molecule has 148 valence electrons. The highest BCUT2D eigenvalue weighted by atomic mass is 35.5. The van der Waals surface area contributed by atoms with Gasteiger partial charge in [0.1, 0.15) is 0 Å². The van der Waals surface area contributed by atoms with Crippen molar-refractivity contribution in [1.29, 1.82) is 0 Å². The van der Waals surface area contributed by atoms with Gasteiger partial charge in [0.15, 0.2) is 5.11 Å². The van der Waals surface area contributed by atoms with E-state index in [4.69, 9.17) is 44.9 Å². The Balaban J connectivity index is 2.28. The molecule has 0 spiro atoms. The van der Waals surface area contributed by atoms with Crippen molar-refractivity contribution in [1.82, 2.24) is 0 Å². The Labute approximate surface area is 178 Å². The normalized spacial score (nSPS) is 10.1. The third kappa shape index (κ3) is 6.09. The first-order valence-corrected chi connectivity index (χ1v) is 9.52. The Morgan fingerprint density at radius 3 is 2.14 bits per heavy atom. The van der Waals surface area contributed by atoms with Gasteiger partial charge in [-0.15, -0.1) is 0 Å². The van der Waals surface area contributed by atoms with Crippen molar-refractivity contribution in [3.8, 4) is 0 Å². The number of thiocarbonyl (C=S) groups is 1. The molecule has 6 nitrogen and oxygen atoms in total. The quantitative estimate of drug-likeness (QED) is 0.474. The molecular formula is C19H18Cl2N2O4S. The van der Waals surface area contributed by atoms with Crippen molar-refractivity contribution in [2.75, 3.05) is 23.8 Å². The van der Waals surface area contributed by atoms with Crippen molar-refractivity contribution in [3.05, 3.63) is 57.6 Å². The smallest absolute Gasteiger partial charge is 0.340 e. The molecular weight excluding hydrogens is 423 g/mol. The topological polar surface area (TPSA) is 76.7 Å². The Kier molecular flexibility index (Phi) is 8.04. The number of esters is 2. The first-order valence-electron chi connectivity index (χ1n) is 8.36. The summed E-state index contributed by atoms with van der Waals surface area (Å²) in [6.45, 7) is 3.85. The second-order valence-electron chi connectivity index (χ2n) is 5.44. The molecule has 0 radical (unpaired) electrons. The van der Waals surface area contributed by atoms with Crippen molar-refractivity contribution in [3.63, 3.8) is 0 Å². The van der Waals surface area contributed by atoms with Crippen LogP contribution in [0.25, 0.3) is 0 Å². The van der Waals surface area contributed by atoms with Crippen LogP contribution in [0.1, 0.15) is 34.6 Å². The van der Waals surface area contributed by atoms with E-state index in [1.807, 2.05) is 0 Å². The predicted octanol–water partition coefficient (Wildman–Crippen LogP) is 5.16. The number of rotatable bonds is 6. The van der Waals surface area contributed by atoms with Crippen LogP contribution in [0.5, 0.6) is 0 Å². The molecule has 28 heavy (non-hydrogen) atoms. The number of carbonyl (C=O) groups is 2. The van der Waals surface area contributed by atoms with Gasteiger partial charge in [-0.05, 0) is 62.5 Å². The summed E-state index contributed by atoms with van der Waals surface area (Å²) in [4.78, 5) is 24.2. The summed E-state index contributed by atoms with van der Waals surface area (Å²) in [6, 6.07) is 9.31. The molecule has 2 rings (SSSR count). The number of carbonyl (C=O) groups excluding carboxylic acids is 2. The van der Waals surface area contributed by atoms with Gasteiger partial charge in [-0.1, -0.05) is 23.2 Å². The van der Waals surface area contributed by atoms with E-state index in [2.05, 4.69) is 10.6 Å². The summed E-state index contributed by atoms with van der Waals surface area (Å²) in [5.41, 5.74) is 1.36. The summed E-state index contributed by atoms with van der Waals surface area (Å²) in [5, 5.41) is 6.88. The number of nitrogens with one attached hydrogen (secondary N) is 2. The summed E-state index contributed by atoms with van der Waals surface area (Å²) in [7, 11) is 0. The second kappa shape index (κ2) is 10.3. The van der Waals surface area contributed by atoms with Gasteiger partial charge in [-0.2, -0.15) is 0 Å². The molecule has 9 heteroatoms. The standard InChI is InChI=1S/C19H18Cl2N2O4S/c1-3-26-17(24)11-5-6-15(18(25)27-4-2)16(7-11)23-19(28)22-14-9-12(20)8-13(21)10-14/h5-10H,3-4H2,1-2H3,(H2,22,23,28). The van der Waals surface area contributed by atoms with E-state index in [-0.39, 0.29) is 29.5 Å². The van der Waals surface area contributed by atoms with Crippen LogP contribution in [0.15, 0.2) is 36.4 Å². The van der Waals surface area contributed by atoms with Gasteiger partial charge in [-0.3, -0.25) is 0 Å². The molecule has 2 aromatic rings. The maximum atomic E-state index is 12.2. The summed E-state index contributed by atoms with van der Waals surface area (Å²) < 4.78 is 10.1. The molecule has 0 aromatic heterocycles. The molecule has 0 amide bonds. The molecule has 0 aliphatic rings. The number of benzene rings is 2. The highest BCUT2D eigenvalue weighted by Gasteiger charge is 2.17. The second-order valence-corrected chi connectivity index (χ2v) is 6.72. The molecule has 0 bridgehead atoms. The van der Waals surface area contributed by atoms with Crippen LogP contribution in [0.3, 0.4) is 0 Å². The van der Waals surface area contributed by atoms with Crippen LogP contribution in [-0.2, 0) is 9.47 Å². The Morgan fingerprint density at radius 1 is 0.929 bits per heavy atom. The first-order chi connectivity index (χ1) is 13.3. The van der Waals surface area contributed by atoms with Gasteiger partial charge in [-0.25, -0.2) is 9.59 Å². The van der Waals surface area contributed by atoms with Crippen LogP contribution in [0.2, 0.25) is 10.0 Å². The zero-order valence-corrected chi connectivity index (χ0v) is 17.5. The van der Waals surface area contributed by atoms with Gasteiger partial charge in [0.25, 0.3) is 0 Å². The number of halogens is 2. The molecule has 2 N–H and O–H groups in total. The lowest BCUT2D eigenvalue weighted by Gasteiger charge is -2.15. The van der Waals surface area contributed by atoms with Gasteiger partial charge >= 0.3 is 11.9 Å². The zero-order valence-electron chi connectivity index (χ0n) is 15.2. The third-order valence-corrected chi connectivity index (χ3v) is 4.04. The molecule has 0 atom stereocenters. The maximum Gasteiger partial charge on any atom is 0.340 e. The van der Waals surface area contributed by atoms with Crippen molar-refractivity contribution < 1.29 is 19.1 Å². The number of hydrogen-bond acceptors (Lipinski definition) is 5. The van der Waals surface area contributed by atoms with E-state index in [1.165, 1.54) is 18.2 Å². The Morgan fingerprint density at radius 2 is 1.54 bits per heavy atom. The molecule has 0 fully saturated rings. The van der Waals surface area contributed by atoms with Crippen LogP contribution < -0.4 is 10.6 Å². The minimum absolute atomic E-state index is 0.171. The summed E-state index contributed by atoms with van der Waals surface area (Å²) in [6.07, 6.45) is 0. The molecule has 2 aromatic carbocycles. The Bertz CT molecular complexity index is 885. The van der Waals surface area contributed by atoms with E-state index >= 15 is 0 Å². The molecule has 0 unspecified atom stereocenters. The average molecular weight is 441 g/mol. The van der Waals surface area contributed by atoms with Gasteiger partial charge in [0, 0.05) is 15.7 Å². The fraction of sp³-hybridized carbons (Fsp3) is 0.211.